The van der Waals surface area contributed by atoms with Crippen LogP contribution in [0.3, 0.4) is 0 Å². The first-order valence-corrected chi connectivity index (χ1v) is 7.72. The van der Waals surface area contributed by atoms with Gasteiger partial charge in [-0.3, -0.25) is 4.68 Å². The molecule has 0 radical (unpaired) electrons. The fraction of sp³-hybridized carbons (Fsp3) is 0.235. The minimum atomic E-state index is -0.447. The number of halogens is 1. The van der Waals surface area contributed by atoms with Gasteiger partial charge in [-0.15, -0.1) is 0 Å². The van der Waals surface area contributed by atoms with Crippen molar-refractivity contribution in [2.75, 3.05) is 0 Å². The van der Waals surface area contributed by atoms with Gasteiger partial charge in [0.1, 0.15) is 0 Å². The molecule has 108 valence electrons. The van der Waals surface area contributed by atoms with Gasteiger partial charge >= 0.3 is 0 Å². The average molecular weight is 344 g/mol. The third kappa shape index (κ3) is 2.74. The molecule has 0 amide bonds. The second-order valence-corrected chi connectivity index (χ2v) is 6.60. The molecule has 2 aromatic carbocycles. The highest BCUT2D eigenvalue weighted by Gasteiger charge is 2.24. The Labute approximate surface area is 132 Å². The number of nitrogens with two attached hydrogens (primary N) is 1. The van der Waals surface area contributed by atoms with Gasteiger partial charge in [0.2, 0.25) is 0 Å². The molecule has 0 aliphatic carbocycles. The Morgan fingerprint density at radius 1 is 1.14 bits per heavy atom. The molecule has 0 fully saturated rings. The van der Waals surface area contributed by atoms with Gasteiger partial charge in [0.25, 0.3) is 0 Å². The zero-order valence-corrected chi connectivity index (χ0v) is 13.8. The van der Waals surface area contributed by atoms with Gasteiger partial charge in [0, 0.05) is 28.9 Å². The van der Waals surface area contributed by atoms with E-state index in [1.807, 2.05) is 36.0 Å². The molecule has 0 aliphatic rings. The van der Waals surface area contributed by atoms with E-state index in [9.17, 15) is 0 Å². The summed E-state index contributed by atoms with van der Waals surface area (Å²) in [4.78, 5) is 0. The molecule has 3 nitrogen and oxygen atoms in total. The van der Waals surface area contributed by atoms with Crippen LogP contribution in [0.5, 0.6) is 0 Å². The van der Waals surface area contributed by atoms with Crippen molar-refractivity contribution in [3.63, 3.8) is 0 Å². The summed E-state index contributed by atoms with van der Waals surface area (Å²) < 4.78 is 2.98. The van der Waals surface area contributed by atoms with Crippen LogP contribution in [0.25, 0.3) is 10.9 Å². The van der Waals surface area contributed by atoms with Crippen molar-refractivity contribution in [3.05, 3.63) is 64.3 Å². The van der Waals surface area contributed by atoms with Crippen LogP contribution >= 0.6 is 15.9 Å². The van der Waals surface area contributed by atoms with Crippen LogP contribution in [0.1, 0.15) is 18.2 Å². The molecule has 1 atom stereocenters. The molecule has 3 rings (SSSR count). The lowest BCUT2D eigenvalue weighted by atomic mass is 9.88. The van der Waals surface area contributed by atoms with E-state index in [0.29, 0.717) is 6.42 Å². The molecule has 3 aromatic rings. The maximum absolute atomic E-state index is 6.56. The lowest BCUT2D eigenvalue weighted by molar-refractivity contribution is 0.483. The minimum Gasteiger partial charge on any atom is -0.321 e. The number of rotatable bonds is 3. The fourth-order valence-corrected chi connectivity index (χ4v) is 2.96. The van der Waals surface area contributed by atoms with Gasteiger partial charge in [0.05, 0.1) is 11.2 Å². The van der Waals surface area contributed by atoms with Gasteiger partial charge in [0.15, 0.2) is 0 Å². The summed E-state index contributed by atoms with van der Waals surface area (Å²) in [5, 5.41) is 5.82. The Morgan fingerprint density at radius 2 is 1.81 bits per heavy atom. The highest BCUT2D eigenvalue weighted by Crippen LogP contribution is 2.27. The van der Waals surface area contributed by atoms with Crippen LogP contribution in [0.4, 0.5) is 0 Å². The normalized spacial score (nSPS) is 14.3. The Bertz CT molecular complexity index is 772. The van der Waals surface area contributed by atoms with Crippen molar-refractivity contribution in [3.8, 4) is 0 Å². The van der Waals surface area contributed by atoms with E-state index in [-0.39, 0.29) is 0 Å². The van der Waals surface area contributed by atoms with Gasteiger partial charge < -0.3 is 5.73 Å². The second kappa shape index (κ2) is 5.28. The molecule has 0 bridgehead atoms. The smallest absolute Gasteiger partial charge is 0.0724 e. The summed E-state index contributed by atoms with van der Waals surface area (Å²) in [7, 11) is 1.97. The summed E-state index contributed by atoms with van der Waals surface area (Å²) in [5.74, 6) is 0. The van der Waals surface area contributed by atoms with Gasteiger partial charge in [-0.05, 0) is 30.7 Å². The van der Waals surface area contributed by atoms with Crippen LogP contribution in [0.15, 0.2) is 53.0 Å². The summed E-state index contributed by atoms with van der Waals surface area (Å²) in [6.45, 7) is 2.06. The van der Waals surface area contributed by atoms with E-state index >= 15 is 0 Å². The molecule has 4 heteroatoms. The predicted molar refractivity (Wildman–Crippen MR) is 90.1 cm³/mol. The number of aryl methyl sites for hydroxylation is 1. The largest absolute Gasteiger partial charge is 0.321 e. The third-order valence-electron chi connectivity index (χ3n) is 3.87. The van der Waals surface area contributed by atoms with E-state index < -0.39 is 5.54 Å². The maximum atomic E-state index is 6.56. The zero-order chi connectivity index (χ0) is 15.0. The first-order valence-electron chi connectivity index (χ1n) is 6.93. The number of aromatic nitrogens is 2. The molecule has 1 heterocycles. The molecule has 0 aliphatic heterocycles. The van der Waals surface area contributed by atoms with Crippen molar-refractivity contribution in [1.29, 1.82) is 0 Å². The van der Waals surface area contributed by atoms with Crippen molar-refractivity contribution in [2.45, 2.75) is 18.9 Å². The summed E-state index contributed by atoms with van der Waals surface area (Å²) in [6, 6.07) is 16.4. The van der Waals surface area contributed by atoms with Crippen LogP contribution in [-0.2, 0) is 19.0 Å². The lowest BCUT2D eigenvalue weighted by Gasteiger charge is -2.24. The van der Waals surface area contributed by atoms with Gasteiger partial charge in [-0.25, -0.2) is 0 Å². The Kier molecular flexibility index (Phi) is 3.59. The quantitative estimate of drug-likeness (QED) is 0.786. The van der Waals surface area contributed by atoms with E-state index in [2.05, 4.69) is 52.2 Å². The van der Waals surface area contributed by atoms with E-state index in [0.717, 1.165) is 21.2 Å². The molecule has 0 spiro atoms. The van der Waals surface area contributed by atoms with Gasteiger partial charge in [-0.2, -0.15) is 5.10 Å². The molecule has 1 unspecified atom stereocenters. The number of hydrogen-bond acceptors (Lipinski definition) is 2. The van der Waals surface area contributed by atoms with Crippen LogP contribution in [0.2, 0.25) is 0 Å². The van der Waals surface area contributed by atoms with Crippen LogP contribution in [0, 0.1) is 0 Å². The number of benzene rings is 2. The van der Waals surface area contributed by atoms with Gasteiger partial charge in [-0.1, -0.05) is 46.3 Å². The number of nitrogens with zero attached hydrogens (tertiary/aromatic N) is 2. The van der Waals surface area contributed by atoms with Crippen molar-refractivity contribution >= 4 is 26.8 Å². The summed E-state index contributed by atoms with van der Waals surface area (Å²) in [6.07, 6.45) is 0.704. The topological polar surface area (TPSA) is 43.8 Å². The summed E-state index contributed by atoms with van der Waals surface area (Å²) in [5.41, 5.74) is 9.40. The van der Waals surface area contributed by atoms with Crippen LogP contribution < -0.4 is 5.73 Å². The SMILES string of the molecule is Cn1nc(CC(C)(N)c2ccc(Br)cc2)c2ccccc21. The molecular formula is C17H18BrN3. The molecule has 0 saturated carbocycles. The average Bonchev–Trinajstić information content (AvgIpc) is 2.76. The van der Waals surface area contributed by atoms with E-state index in [1.165, 1.54) is 5.39 Å². The predicted octanol–water partition coefficient (Wildman–Crippen LogP) is 3.75. The molecule has 0 saturated heterocycles. The Morgan fingerprint density at radius 3 is 2.52 bits per heavy atom. The standard InChI is InChI=1S/C17H18BrN3/c1-17(19,12-7-9-13(18)10-8-12)11-15-14-5-3-4-6-16(14)21(2)20-15/h3-10H,11,19H2,1-2H3. The minimum absolute atomic E-state index is 0.447. The Hall–Kier alpha value is -1.65. The van der Waals surface area contributed by atoms with E-state index in [1.54, 1.807) is 0 Å². The Balaban J connectivity index is 1.99. The number of fused-ring (bicyclic) bond motifs is 1. The maximum Gasteiger partial charge on any atom is 0.0724 e. The fourth-order valence-electron chi connectivity index (χ4n) is 2.70. The molecule has 21 heavy (non-hydrogen) atoms. The molecular weight excluding hydrogens is 326 g/mol. The van der Waals surface area contributed by atoms with Crippen molar-refractivity contribution < 1.29 is 0 Å². The van der Waals surface area contributed by atoms with Crippen LogP contribution in [-0.4, -0.2) is 9.78 Å². The number of hydrogen-bond donors (Lipinski definition) is 1. The molecule has 1 aromatic heterocycles. The van der Waals surface area contributed by atoms with Crippen molar-refractivity contribution in [1.82, 2.24) is 9.78 Å². The molecule has 2 N–H and O–H groups in total. The number of para-hydroxylation sites is 1. The monoisotopic (exact) mass is 343 g/mol. The van der Waals surface area contributed by atoms with Crippen molar-refractivity contribution in [2.24, 2.45) is 12.8 Å². The second-order valence-electron chi connectivity index (χ2n) is 5.69. The first kappa shape index (κ1) is 14.3. The highest BCUT2D eigenvalue weighted by atomic mass is 79.9. The van der Waals surface area contributed by atoms with E-state index in [4.69, 9.17) is 5.73 Å². The third-order valence-corrected chi connectivity index (χ3v) is 4.40. The zero-order valence-electron chi connectivity index (χ0n) is 12.2. The first-order chi connectivity index (χ1) is 9.97. The summed E-state index contributed by atoms with van der Waals surface area (Å²) >= 11 is 3.46. The highest BCUT2D eigenvalue weighted by molar-refractivity contribution is 9.10. The lowest BCUT2D eigenvalue weighted by Crippen LogP contribution is -2.35.